The van der Waals surface area contributed by atoms with Gasteiger partial charge >= 0.3 is 0 Å². The molecule has 0 aliphatic heterocycles. The van der Waals surface area contributed by atoms with Crippen molar-refractivity contribution in [3.63, 3.8) is 0 Å². The number of sulfonamides is 1. The number of benzene rings is 2. The van der Waals surface area contributed by atoms with Gasteiger partial charge in [-0.15, -0.1) is 0 Å². The molecule has 0 unspecified atom stereocenters. The molecule has 2 aromatic rings. The lowest BCUT2D eigenvalue weighted by atomic mass is 10.1. The van der Waals surface area contributed by atoms with E-state index in [0.29, 0.717) is 11.4 Å². The number of amides is 1. The van der Waals surface area contributed by atoms with Crippen LogP contribution >= 0.6 is 11.6 Å². The number of carbonyl (C=O) groups is 1. The number of aryl methyl sites for hydroxylation is 1. The Kier molecular flexibility index (Phi) is 4.98. The molecule has 4 nitrogen and oxygen atoms in total. The lowest BCUT2D eigenvalue weighted by molar-refractivity contribution is -0.119. The zero-order valence-corrected chi connectivity index (χ0v) is 12.7. The van der Waals surface area contributed by atoms with Crippen molar-refractivity contribution < 1.29 is 13.2 Å². The van der Waals surface area contributed by atoms with E-state index in [1.165, 1.54) is 12.1 Å². The summed E-state index contributed by atoms with van der Waals surface area (Å²) >= 11 is 5.77. The Morgan fingerprint density at radius 3 is 2.24 bits per heavy atom. The van der Waals surface area contributed by atoms with Crippen LogP contribution in [0.4, 0.5) is 0 Å². The molecule has 1 N–H and O–H groups in total. The molecule has 21 heavy (non-hydrogen) atoms. The zero-order chi connectivity index (χ0) is 15.3. The van der Waals surface area contributed by atoms with Gasteiger partial charge < -0.3 is 0 Å². The molecule has 0 aliphatic carbocycles. The maximum Gasteiger partial charge on any atom is 0.264 e. The minimum Gasteiger partial charge on any atom is -0.274 e. The predicted octanol–water partition coefficient (Wildman–Crippen LogP) is 2.78. The molecule has 110 valence electrons. The summed E-state index contributed by atoms with van der Waals surface area (Å²) in [7, 11) is -3.79. The van der Waals surface area contributed by atoms with Gasteiger partial charge in [-0.25, -0.2) is 13.1 Å². The van der Waals surface area contributed by atoms with Gasteiger partial charge in [0.2, 0.25) is 5.91 Å². The molecule has 0 bridgehead atoms. The van der Waals surface area contributed by atoms with Crippen LogP contribution in [0.15, 0.2) is 59.5 Å². The van der Waals surface area contributed by atoms with Crippen molar-refractivity contribution in [3.8, 4) is 0 Å². The van der Waals surface area contributed by atoms with Gasteiger partial charge in [-0.3, -0.25) is 4.79 Å². The third kappa shape index (κ3) is 4.58. The average Bonchev–Trinajstić information content (AvgIpc) is 2.47. The summed E-state index contributed by atoms with van der Waals surface area (Å²) < 4.78 is 26.0. The van der Waals surface area contributed by atoms with Crippen molar-refractivity contribution in [1.82, 2.24) is 4.72 Å². The molecule has 0 heterocycles. The van der Waals surface area contributed by atoms with Crippen molar-refractivity contribution in [3.05, 3.63) is 65.2 Å². The Morgan fingerprint density at radius 2 is 1.62 bits per heavy atom. The summed E-state index contributed by atoms with van der Waals surface area (Å²) in [4.78, 5) is 11.8. The molecule has 0 spiro atoms. The van der Waals surface area contributed by atoms with Crippen LogP contribution in [0.3, 0.4) is 0 Å². The summed E-state index contributed by atoms with van der Waals surface area (Å²) in [5.41, 5.74) is 0.923. The molecule has 2 aromatic carbocycles. The summed E-state index contributed by atoms with van der Waals surface area (Å²) in [6.07, 6.45) is 0.543. The molecule has 2 rings (SSSR count). The first kappa shape index (κ1) is 15.5. The Balaban J connectivity index is 1.94. The second kappa shape index (κ2) is 6.74. The summed E-state index contributed by atoms with van der Waals surface area (Å²) in [5, 5.41) is 0.620. The maximum atomic E-state index is 11.9. The van der Waals surface area contributed by atoms with Crippen LogP contribution in [0.2, 0.25) is 5.02 Å². The standard InChI is InChI=1S/C15H14ClNO3S/c16-13-9-6-12(7-10-13)8-11-15(18)17-21(19,20)14-4-2-1-3-5-14/h1-7,9-10H,8,11H2,(H,17,18). The third-order valence-electron chi connectivity index (χ3n) is 2.86. The average molecular weight is 324 g/mol. The summed E-state index contributed by atoms with van der Waals surface area (Å²) in [5.74, 6) is -0.534. The molecule has 0 aliphatic rings. The largest absolute Gasteiger partial charge is 0.274 e. The van der Waals surface area contributed by atoms with Crippen LogP contribution in [-0.2, 0) is 21.2 Å². The molecule has 0 aromatic heterocycles. The quantitative estimate of drug-likeness (QED) is 0.920. The first-order valence-corrected chi connectivity index (χ1v) is 8.18. The minimum atomic E-state index is -3.79. The molecule has 0 saturated carbocycles. The van der Waals surface area contributed by atoms with E-state index >= 15 is 0 Å². The lowest BCUT2D eigenvalue weighted by Crippen LogP contribution is -2.30. The van der Waals surface area contributed by atoms with Gasteiger partial charge in [-0.05, 0) is 36.2 Å². The molecule has 0 saturated heterocycles. The fourth-order valence-corrected chi connectivity index (χ4v) is 2.93. The van der Waals surface area contributed by atoms with E-state index in [1.807, 2.05) is 0 Å². The number of carbonyl (C=O) groups excluding carboxylic acids is 1. The Hall–Kier alpha value is -1.85. The second-order valence-electron chi connectivity index (χ2n) is 4.47. The fourth-order valence-electron chi connectivity index (χ4n) is 1.77. The Bertz CT molecular complexity index is 712. The van der Waals surface area contributed by atoms with E-state index in [4.69, 9.17) is 11.6 Å². The van der Waals surface area contributed by atoms with E-state index in [1.54, 1.807) is 42.5 Å². The highest BCUT2D eigenvalue weighted by Crippen LogP contribution is 2.11. The van der Waals surface area contributed by atoms with Gasteiger partial charge in [0.05, 0.1) is 4.90 Å². The number of halogens is 1. The fraction of sp³-hybridized carbons (Fsp3) is 0.133. The van der Waals surface area contributed by atoms with Crippen molar-refractivity contribution >= 4 is 27.5 Å². The van der Waals surface area contributed by atoms with E-state index in [0.717, 1.165) is 5.56 Å². The molecular formula is C15H14ClNO3S. The highest BCUT2D eigenvalue weighted by molar-refractivity contribution is 7.90. The van der Waals surface area contributed by atoms with Crippen LogP contribution in [0, 0.1) is 0 Å². The summed E-state index contributed by atoms with van der Waals surface area (Å²) in [6.45, 7) is 0. The molecule has 0 atom stereocenters. The first-order chi connectivity index (χ1) is 9.97. The van der Waals surface area contributed by atoms with Gasteiger partial charge in [0.25, 0.3) is 10.0 Å². The normalized spacial score (nSPS) is 11.1. The van der Waals surface area contributed by atoms with Gasteiger partial charge in [-0.2, -0.15) is 0 Å². The Labute approximate surface area is 128 Å². The molecular weight excluding hydrogens is 310 g/mol. The predicted molar refractivity (Wildman–Crippen MR) is 81.5 cm³/mol. The van der Waals surface area contributed by atoms with Crippen molar-refractivity contribution in [1.29, 1.82) is 0 Å². The van der Waals surface area contributed by atoms with E-state index < -0.39 is 15.9 Å². The van der Waals surface area contributed by atoms with Crippen LogP contribution in [0.1, 0.15) is 12.0 Å². The van der Waals surface area contributed by atoms with E-state index in [9.17, 15) is 13.2 Å². The summed E-state index contributed by atoms with van der Waals surface area (Å²) in [6, 6.07) is 14.9. The monoisotopic (exact) mass is 323 g/mol. The smallest absolute Gasteiger partial charge is 0.264 e. The SMILES string of the molecule is O=C(CCc1ccc(Cl)cc1)NS(=O)(=O)c1ccccc1. The lowest BCUT2D eigenvalue weighted by Gasteiger charge is -2.07. The zero-order valence-electron chi connectivity index (χ0n) is 11.1. The van der Waals surface area contributed by atoms with Crippen LogP contribution in [0.25, 0.3) is 0 Å². The molecule has 0 fully saturated rings. The molecule has 0 radical (unpaired) electrons. The second-order valence-corrected chi connectivity index (χ2v) is 6.59. The van der Waals surface area contributed by atoms with Gasteiger partial charge in [0.1, 0.15) is 0 Å². The minimum absolute atomic E-state index is 0.0739. The van der Waals surface area contributed by atoms with Crippen molar-refractivity contribution in [2.75, 3.05) is 0 Å². The van der Waals surface area contributed by atoms with Crippen LogP contribution in [0.5, 0.6) is 0 Å². The number of hydrogen-bond donors (Lipinski definition) is 1. The highest BCUT2D eigenvalue weighted by Gasteiger charge is 2.16. The van der Waals surface area contributed by atoms with Crippen molar-refractivity contribution in [2.45, 2.75) is 17.7 Å². The van der Waals surface area contributed by atoms with Crippen LogP contribution in [-0.4, -0.2) is 14.3 Å². The number of nitrogens with one attached hydrogen (secondary N) is 1. The van der Waals surface area contributed by atoms with Gasteiger partial charge in [0, 0.05) is 11.4 Å². The van der Waals surface area contributed by atoms with Crippen molar-refractivity contribution in [2.24, 2.45) is 0 Å². The topological polar surface area (TPSA) is 63.2 Å². The maximum absolute atomic E-state index is 11.9. The third-order valence-corrected chi connectivity index (χ3v) is 4.50. The van der Waals surface area contributed by atoms with E-state index in [2.05, 4.69) is 4.72 Å². The highest BCUT2D eigenvalue weighted by atomic mass is 35.5. The molecule has 6 heteroatoms. The first-order valence-electron chi connectivity index (χ1n) is 6.32. The van der Waals surface area contributed by atoms with Gasteiger partial charge in [-0.1, -0.05) is 41.9 Å². The number of rotatable bonds is 5. The van der Waals surface area contributed by atoms with Gasteiger partial charge in [0.15, 0.2) is 0 Å². The van der Waals surface area contributed by atoms with Crippen LogP contribution < -0.4 is 4.72 Å². The molecule has 1 amide bonds. The van der Waals surface area contributed by atoms with E-state index in [-0.39, 0.29) is 11.3 Å². The number of hydrogen-bond acceptors (Lipinski definition) is 3. The Morgan fingerprint density at radius 1 is 1.00 bits per heavy atom.